The summed E-state index contributed by atoms with van der Waals surface area (Å²) >= 11 is 3.38. The second kappa shape index (κ2) is 6.97. The van der Waals surface area contributed by atoms with Gasteiger partial charge in [0.15, 0.2) is 6.61 Å². The molecule has 0 aromatic heterocycles. The predicted octanol–water partition coefficient (Wildman–Crippen LogP) is 4.67. The first kappa shape index (κ1) is 16.6. The first-order chi connectivity index (χ1) is 10.4. The quantitative estimate of drug-likeness (QED) is 0.585. The molecule has 2 aromatic carbocycles. The van der Waals surface area contributed by atoms with Crippen molar-refractivity contribution in [3.8, 4) is 11.5 Å². The third-order valence-corrected chi connectivity index (χ3v) is 4.04. The number of rotatable bonds is 4. The van der Waals surface area contributed by atoms with Crippen molar-refractivity contribution in [2.24, 2.45) is 0 Å². The van der Waals surface area contributed by atoms with Gasteiger partial charge in [-0.3, -0.25) is 0 Å². The molecule has 2 rings (SSSR count). The number of halogens is 1. The summed E-state index contributed by atoms with van der Waals surface area (Å²) in [7, 11) is 0. The minimum atomic E-state index is -0.428. The Morgan fingerprint density at radius 3 is 2.41 bits per heavy atom. The van der Waals surface area contributed by atoms with Crippen LogP contribution in [0.15, 0.2) is 34.8 Å². The van der Waals surface area contributed by atoms with Crippen molar-refractivity contribution < 1.29 is 14.3 Å². The standard InChI is InChI=1S/C18H19BrO3/c1-11-5-6-16(15(19)8-11)22-18(20)10-21-17-9-12(2)7-13(3)14(17)4/h5-9H,10H2,1-4H3. The SMILES string of the molecule is Cc1ccc(OC(=O)COc2cc(C)cc(C)c2C)c(Br)c1. The highest BCUT2D eigenvalue weighted by atomic mass is 79.9. The van der Waals surface area contributed by atoms with Crippen LogP contribution >= 0.6 is 15.9 Å². The summed E-state index contributed by atoms with van der Waals surface area (Å²) in [5.74, 6) is 0.789. The molecule has 0 fully saturated rings. The smallest absolute Gasteiger partial charge is 0.349 e. The van der Waals surface area contributed by atoms with Gasteiger partial charge in [-0.05, 0) is 84.1 Å². The molecule has 0 aliphatic heterocycles. The Kier molecular flexibility index (Phi) is 5.24. The normalized spacial score (nSPS) is 10.4. The summed E-state index contributed by atoms with van der Waals surface area (Å²) in [4.78, 5) is 11.9. The van der Waals surface area contributed by atoms with Crippen LogP contribution in [0.3, 0.4) is 0 Å². The van der Waals surface area contributed by atoms with Gasteiger partial charge in [0.2, 0.25) is 0 Å². The molecule has 4 heteroatoms. The van der Waals surface area contributed by atoms with Gasteiger partial charge in [-0.15, -0.1) is 0 Å². The van der Waals surface area contributed by atoms with Crippen LogP contribution < -0.4 is 9.47 Å². The maximum atomic E-state index is 11.9. The van der Waals surface area contributed by atoms with E-state index in [-0.39, 0.29) is 6.61 Å². The molecule has 22 heavy (non-hydrogen) atoms. The van der Waals surface area contributed by atoms with Gasteiger partial charge in [0.1, 0.15) is 11.5 Å². The number of ether oxygens (including phenoxy) is 2. The lowest BCUT2D eigenvalue weighted by molar-refractivity contribution is -0.136. The van der Waals surface area contributed by atoms with Gasteiger partial charge in [0.25, 0.3) is 0 Å². The van der Waals surface area contributed by atoms with E-state index in [1.807, 2.05) is 45.9 Å². The van der Waals surface area contributed by atoms with E-state index in [4.69, 9.17) is 9.47 Å². The number of carbonyl (C=O) groups excluding carboxylic acids is 1. The highest BCUT2D eigenvalue weighted by Crippen LogP contribution is 2.26. The Labute approximate surface area is 139 Å². The van der Waals surface area contributed by atoms with Crippen molar-refractivity contribution in [2.75, 3.05) is 6.61 Å². The molecule has 0 spiro atoms. The fourth-order valence-corrected chi connectivity index (χ4v) is 2.70. The average Bonchev–Trinajstić information content (AvgIpc) is 2.44. The van der Waals surface area contributed by atoms with Gasteiger partial charge in [0.05, 0.1) is 4.47 Å². The van der Waals surface area contributed by atoms with Crippen LogP contribution in [-0.2, 0) is 4.79 Å². The number of carbonyl (C=O) groups is 1. The predicted molar refractivity (Wildman–Crippen MR) is 90.7 cm³/mol. The molecule has 3 nitrogen and oxygen atoms in total. The van der Waals surface area contributed by atoms with E-state index in [2.05, 4.69) is 22.0 Å². The van der Waals surface area contributed by atoms with Crippen LogP contribution in [-0.4, -0.2) is 12.6 Å². The summed E-state index contributed by atoms with van der Waals surface area (Å²) in [6.07, 6.45) is 0. The minimum absolute atomic E-state index is 0.121. The van der Waals surface area contributed by atoms with Crippen molar-refractivity contribution >= 4 is 21.9 Å². The van der Waals surface area contributed by atoms with Crippen molar-refractivity contribution in [3.05, 3.63) is 57.1 Å². The zero-order valence-electron chi connectivity index (χ0n) is 13.2. The monoisotopic (exact) mass is 362 g/mol. The number of hydrogen-bond acceptors (Lipinski definition) is 3. The molecule has 0 aliphatic carbocycles. The van der Waals surface area contributed by atoms with Gasteiger partial charge in [0, 0.05) is 0 Å². The fourth-order valence-electron chi connectivity index (χ4n) is 2.13. The molecule has 0 saturated heterocycles. The van der Waals surface area contributed by atoms with Crippen LogP contribution in [0, 0.1) is 27.7 Å². The zero-order chi connectivity index (χ0) is 16.3. The lowest BCUT2D eigenvalue weighted by Crippen LogP contribution is -2.18. The zero-order valence-corrected chi connectivity index (χ0v) is 14.8. The molecule has 0 N–H and O–H groups in total. The van der Waals surface area contributed by atoms with Gasteiger partial charge in [-0.1, -0.05) is 12.1 Å². The molecule has 0 unspecified atom stereocenters. The molecule has 2 aromatic rings. The molecule has 0 saturated carbocycles. The molecule has 0 aliphatic rings. The van der Waals surface area contributed by atoms with Gasteiger partial charge in [-0.2, -0.15) is 0 Å². The Balaban J connectivity index is 2.01. The Hall–Kier alpha value is -1.81. The van der Waals surface area contributed by atoms with Crippen molar-refractivity contribution in [1.82, 2.24) is 0 Å². The molecular formula is C18H19BrO3. The summed E-state index contributed by atoms with van der Waals surface area (Å²) in [5, 5.41) is 0. The van der Waals surface area contributed by atoms with Crippen molar-refractivity contribution in [2.45, 2.75) is 27.7 Å². The third kappa shape index (κ3) is 4.10. The second-order valence-corrected chi connectivity index (χ2v) is 6.26. The summed E-state index contributed by atoms with van der Waals surface area (Å²) in [6.45, 7) is 7.86. The molecule has 0 bridgehead atoms. The number of hydrogen-bond donors (Lipinski definition) is 0. The Bertz CT molecular complexity index is 708. The lowest BCUT2D eigenvalue weighted by atomic mass is 10.1. The van der Waals surface area contributed by atoms with Crippen LogP contribution in [0.5, 0.6) is 11.5 Å². The molecular weight excluding hydrogens is 344 g/mol. The topological polar surface area (TPSA) is 35.5 Å². The first-order valence-electron chi connectivity index (χ1n) is 7.04. The first-order valence-corrected chi connectivity index (χ1v) is 7.83. The van der Waals surface area contributed by atoms with E-state index >= 15 is 0 Å². The summed E-state index contributed by atoms with van der Waals surface area (Å²) < 4.78 is 11.7. The van der Waals surface area contributed by atoms with E-state index in [0.717, 1.165) is 32.5 Å². The van der Waals surface area contributed by atoms with Crippen molar-refractivity contribution in [1.29, 1.82) is 0 Å². The van der Waals surface area contributed by atoms with Gasteiger partial charge >= 0.3 is 5.97 Å². The molecule has 0 atom stereocenters. The highest BCUT2D eigenvalue weighted by Gasteiger charge is 2.11. The largest absolute Gasteiger partial charge is 0.482 e. The third-order valence-electron chi connectivity index (χ3n) is 3.42. The number of benzene rings is 2. The molecule has 0 heterocycles. The highest BCUT2D eigenvalue weighted by molar-refractivity contribution is 9.10. The maximum absolute atomic E-state index is 11.9. The van der Waals surface area contributed by atoms with Gasteiger partial charge < -0.3 is 9.47 Å². The average molecular weight is 363 g/mol. The van der Waals surface area contributed by atoms with Crippen LogP contribution in [0.2, 0.25) is 0 Å². The minimum Gasteiger partial charge on any atom is -0.482 e. The number of aryl methyl sites for hydroxylation is 3. The molecule has 0 amide bonds. The maximum Gasteiger partial charge on any atom is 0.349 e. The summed E-state index contributed by atoms with van der Waals surface area (Å²) in [6, 6.07) is 9.57. The van der Waals surface area contributed by atoms with E-state index in [1.54, 1.807) is 6.07 Å². The summed E-state index contributed by atoms with van der Waals surface area (Å²) in [5.41, 5.74) is 4.38. The van der Waals surface area contributed by atoms with E-state index < -0.39 is 5.97 Å². The van der Waals surface area contributed by atoms with Crippen LogP contribution in [0.25, 0.3) is 0 Å². The fraction of sp³-hybridized carbons (Fsp3) is 0.278. The Morgan fingerprint density at radius 1 is 1.00 bits per heavy atom. The van der Waals surface area contributed by atoms with E-state index in [9.17, 15) is 4.79 Å². The molecule has 116 valence electrons. The van der Waals surface area contributed by atoms with Crippen LogP contribution in [0.4, 0.5) is 0 Å². The van der Waals surface area contributed by atoms with E-state index in [1.165, 1.54) is 0 Å². The van der Waals surface area contributed by atoms with E-state index in [0.29, 0.717) is 5.75 Å². The van der Waals surface area contributed by atoms with Crippen LogP contribution in [0.1, 0.15) is 22.3 Å². The van der Waals surface area contributed by atoms with Crippen molar-refractivity contribution in [3.63, 3.8) is 0 Å². The molecule has 0 radical (unpaired) electrons. The lowest BCUT2D eigenvalue weighted by Gasteiger charge is -2.12. The van der Waals surface area contributed by atoms with Gasteiger partial charge in [-0.25, -0.2) is 4.79 Å². The second-order valence-electron chi connectivity index (χ2n) is 5.40. The Morgan fingerprint density at radius 2 is 1.73 bits per heavy atom. The number of esters is 1.